The zero-order valence-corrected chi connectivity index (χ0v) is 24.2. The fraction of sp³-hybridized carbons (Fsp3) is 0.552. The normalized spacial score (nSPS) is 34.5. The standard InChI is InChI=1S/C29H42N2O9/c1-15-11-19-25(34)20(14-21(32)27(19)39-7)31-28(35)16(2)9-8-10-22(37-5)26(40-29(30)36)18(4)13-17(3)24(33)23(12-15)38-6/h8-10,13-15,17,21-24,26,32-33H,11-12H2,1-7H3,(H2,30,36)(H,31,35)/b10-8+,16-9+,18-13+/t15-,17+,21?,22+,23+,24-,26+/m1/s1. The molecule has 0 radical (unpaired) electrons. The average molecular weight is 563 g/mol. The maximum absolute atomic E-state index is 13.4. The summed E-state index contributed by atoms with van der Waals surface area (Å²) < 4.78 is 21.9. The number of ether oxygens (including phenoxy) is 4. The summed E-state index contributed by atoms with van der Waals surface area (Å²) in [7, 11) is 4.30. The van der Waals surface area contributed by atoms with E-state index in [1.807, 2.05) is 6.92 Å². The molecule has 11 heteroatoms. The maximum atomic E-state index is 13.4. The molecule has 1 aliphatic carbocycles. The molecule has 40 heavy (non-hydrogen) atoms. The molecule has 2 aliphatic rings. The number of carbonyl (C=O) groups excluding carboxylic acids is 3. The number of fused-ring (bicyclic) bond motifs is 2. The van der Waals surface area contributed by atoms with Crippen LogP contribution in [0.15, 0.2) is 58.6 Å². The summed E-state index contributed by atoms with van der Waals surface area (Å²) in [4.78, 5) is 37.9. The summed E-state index contributed by atoms with van der Waals surface area (Å²) in [6, 6.07) is 0. The molecule has 2 rings (SSSR count). The number of Topliss-reactive ketones (excluding diaryl/α,β-unsaturated/α-hetero) is 1. The van der Waals surface area contributed by atoms with Crippen LogP contribution < -0.4 is 11.1 Å². The van der Waals surface area contributed by atoms with Crippen molar-refractivity contribution in [3.63, 3.8) is 0 Å². The molecule has 1 aliphatic heterocycles. The number of allylic oxidation sites excluding steroid dienone is 3. The summed E-state index contributed by atoms with van der Waals surface area (Å²) in [6.07, 6.45) is 2.81. The summed E-state index contributed by atoms with van der Waals surface area (Å²) in [5.41, 5.74) is 6.37. The minimum absolute atomic E-state index is 0.0587. The van der Waals surface area contributed by atoms with Crippen molar-refractivity contribution in [2.45, 2.75) is 71.1 Å². The third-order valence-corrected chi connectivity index (χ3v) is 7.08. The number of hydrogen-bond donors (Lipinski definition) is 4. The van der Waals surface area contributed by atoms with E-state index in [0.717, 1.165) is 0 Å². The number of methoxy groups -OCH3 is 3. The van der Waals surface area contributed by atoms with Gasteiger partial charge in [-0.05, 0) is 44.3 Å². The molecule has 0 saturated heterocycles. The Labute approximate surface area is 235 Å². The predicted molar refractivity (Wildman–Crippen MR) is 148 cm³/mol. The van der Waals surface area contributed by atoms with Crippen molar-refractivity contribution >= 4 is 17.8 Å². The lowest BCUT2D eigenvalue weighted by Gasteiger charge is -2.30. The van der Waals surface area contributed by atoms with Gasteiger partial charge >= 0.3 is 6.09 Å². The van der Waals surface area contributed by atoms with Gasteiger partial charge in [-0.3, -0.25) is 9.59 Å². The van der Waals surface area contributed by atoms with Crippen molar-refractivity contribution < 1.29 is 43.5 Å². The second kappa shape index (κ2) is 14.9. The topological polar surface area (TPSA) is 167 Å². The first-order valence-electron chi connectivity index (χ1n) is 13.1. The summed E-state index contributed by atoms with van der Waals surface area (Å²) in [5.74, 6) is -1.50. The highest BCUT2D eigenvalue weighted by Gasteiger charge is 2.34. The molecule has 0 spiro atoms. The van der Waals surface area contributed by atoms with E-state index in [4.69, 9.17) is 24.7 Å². The van der Waals surface area contributed by atoms with Crippen LogP contribution in [0.3, 0.4) is 0 Å². The Morgan fingerprint density at radius 3 is 2.33 bits per heavy atom. The van der Waals surface area contributed by atoms with E-state index in [-0.39, 0.29) is 34.9 Å². The first kappa shape index (κ1) is 33.0. The number of aliphatic hydroxyl groups is 2. The van der Waals surface area contributed by atoms with Gasteiger partial charge in [-0.15, -0.1) is 0 Å². The minimum Gasteiger partial charge on any atom is -0.498 e. The lowest BCUT2D eigenvalue weighted by molar-refractivity contribution is -0.119. The van der Waals surface area contributed by atoms with Crippen molar-refractivity contribution in [3.05, 3.63) is 58.6 Å². The number of ketones is 1. The Bertz CT molecular complexity index is 1100. The van der Waals surface area contributed by atoms with Crippen molar-refractivity contribution in [2.24, 2.45) is 17.6 Å². The quantitative estimate of drug-likeness (QED) is 0.376. The third kappa shape index (κ3) is 8.37. The molecular weight excluding hydrogens is 520 g/mol. The fourth-order valence-electron chi connectivity index (χ4n) is 4.90. The van der Waals surface area contributed by atoms with Crippen LogP contribution in [0.1, 0.15) is 40.5 Å². The Kier molecular flexibility index (Phi) is 12.3. The lowest BCUT2D eigenvalue weighted by Crippen LogP contribution is -2.37. The zero-order valence-electron chi connectivity index (χ0n) is 24.2. The van der Waals surface area contributed by atoms with Gasteiger partial charge in [0.05, 0.1) is 25.0 Å². The van der Waals surface area contributed by atoms with E-state index in [9.17, 15) is 24.6 Å². The highest BCUT2D eigenvalue weighted by atomic mass is 16.6. The second-order valence-corrected chi connectivity index (χ2v) is 10.2. The maximum Gasteiger partial charge on any atom is 0.405 e. The number of nitrogens with two attached hydrogens (primary N) is 1. The van der Waals surface area contributed by atoms with Gasteiger partial charge in [0.25, 0.3) is 5.91 Å². The van der Waals surface area contributed by atoms with Gasteiger partial charge in [0.2, 0.25) is 5.78 Å². The van der Waals surface area contributed by atoms with Crippen molar-refractivity contribution in [1.82, 2.24) is 5.32 Å². The molecule has 1 heterocycles. The Balaban J connectivity index is 2.59. The van der Waals surface area contributed by atoms with E-state index >= 15 is 0 Å². The van der Waals surface area contributed by atoms with Gasteiger partial charge < -0.3 is 40.2 Å². The highest BCUT2D eigenvalue weighted by Crippen LogP contribution is 2.30. The summed E-state index contributed by atoms with van der Waals surface area (Å²) >= 11 is 0. The number of nitrogens with one attached hydrogen (secondary N) is 1. The first-order chi connectivity index (χ1) is 18.8. The van der Waals surface area contributed by atoms with Gasteiger partial charge in [-0.2, -0.15) is 0 Å². The molecule has 0 aromatic heterocycles. The molecule has 0 fully saturated rings. The molecule has 5 N–H and O–H groups in total. The SMILES string of the molecule is COC1=C2C[C@@H](C)C[C@H](OC)[C@H](O)[C@@H](C)/C=C(\C)[C@H](OC(N)=O)[C@@H](OC)/C=C/C=C(\C)C(=O)NC(=CC1O)C2=O. The smallest absolute Gasteiger partial charge is 0.405 e. The largest absolute Gasteiger partial charge is 0.498 e. The highest BCUT2D eigenvalue weighted by molar-refractivity contribution is 6.12. The molecule has 11 nitrogen and oxygen atoms in total. The number of rotatable bonds is 4. The van der Waals surface area contributed by atoms with E-state index in [1.165, 1.54) is 33.5 Å². The molecule has 222 valence electrons. The number of primary amides is 1. The van der Waals surface area contributed by atoms with Gasteiger partial charge in [0.15, 0.2) is 6.10 Å². The fourth-order valence-corrected chi connectivity index (χ4v) is 4.90. The third-order valence-electron chi connectivity index (χ3n) is 7.08. The van der Waals surface area contributed by atoms with Gasteiger partial charge in [0, 0.05) is 31.3 Å². The summed E-state index contributed by atoms with van der Waals surface area (Å²) in [5, 5.41) is 24.4. The van der Waals surface area contributed by atoms with E-state index in [2.05, 4.69) is 5.32 Å². The molecule has 7 atom stereocenters. The number of aliphatic hydroxyl groups excluding tert-OH is 2. The zero-order chi connectivity index (χ0) is 30.1. The predicted octanol–water partition coefficient (Wildman–Crippen LogP) is 2.20. The Hall–Kier alpha value is -3.25. The van der Waals surface area contributed by atoms with Gasteiger partial charge in [-0.25, -0.2) is 4.79 Å². The lowest BCUT2D eigenvalue weighted by atomic mass is 9.85. The van der Waals surface area contributed by atoms with Crippen LogP contribution in [0, 0.1) is 11.8 Å². The molecule has 2 bridgehead atoms. The van der Waals surface area contributed by atoms with Crippen LogP contribution in [0.4, 0.5) is 4.79 Å². The first-order valence-corrected chi connectivity index (χ1v) is 13.1. The molecule has 0 aromatic rings. The molecule has 2 amide bonds. The van der Waals surface area contributed by atoms with Crippen molar-refractivity contribution in [3.8, 4) is 0 Å². The minimum atomic E-state index is -1.22. The van der Waals surface area contributed by atoms with Crippen LogP contribution in [-0.2, 0) is 28.5 Å². The van der Waals surface area contributed by atoms with Gasteiger partial charge in [-0.1, -0.05) is 38.2 Å². The van der Waals surface area contributed by atoms with E-state index < -0.39 is 54.2 Å². The second-order valence-electron chi connectivity index (χ2n) is 10.2. The van der Waals surface area contributed by atoms with Crippen LogP contribution in [0.2, 0.25) is 0 Å². The summed E-state index contributed by atoms with van der Waals surface area (Å²) in [6.45, 7) is 6.99. The van der Waals surface area contributed by atoms with Crippen LogP contribution in [0.25, 0.3) is 0 Å². The van der Waals surface area contributed by atoms with Crippen LogP contribution in [-0.4, -0.2) is 79.8 Å². The van der Waals surface area contributed by atoms with Crippen LogP contribution >= 0.6 is 0 Å². The number of amides is 2. The number of hydrogen-bond acceptors (Lipinski definition) is 9. The molecule has 1 unspecified atom stereocenters. The Morgan fingerprint density at radius 2 is 1.75 bits per heavy atom. The average Bonchev–Trinajstić information content (AvgIpc) is 2.90. The van der Waals surface area contributed by atoms with E-state index in [1.54, 1.807) is 39.0 Å². The van der Waals surface area contributed by atoms with Crippen molar-refractivity contribution in [1.29, 1.82) is 0 Å². The molecular formula is C29H42N2O9. The van der Waals surface area contributed by atoms with E-state index in [0.29, 0.717) is 12.0 Å². The van der Waals surface area contributed by atoms with Gasteiger partial charge in [0.1, 0.15) is 18.0 Å². The number of carbonyl (C=O) groups is 3. The Morgan fingerprint density at radius 1 is 1.07 bits per heavy atom. The monoisotopic (exact) mass is 562 g/mol. The van der Waals surface area contributed by atoms with Crippen LogP contribution in [0.5, 0.6) is 0 Å². The molecule has 0 saturated carbocycles. The van der Waals surface area contributed by atoms with Crippen molar-refractivity contribution in [2.75, 3.05) is 21.3 Å². The molecule has 0 aromatic carbocycles.